The van der Waals surface area contributed by atoms with Gasteiger partial charge in [-0.25, -0.2) is 13.8 Å². The highest BCUT2D eigenvalue weighted by atomic mass is 35.5. The number of aromatic nitrogens is 1. The van der Waals surface area contributed by atoms with E-state index in [0.29, 0.717) is 5.02 Å². The molecule has 0 aliphatic heterocycles. The third-order valence-corrected chi connectivity index (χ3v) is 4.66. The molecule has 9 heteroatoms. The molecule has 0 fully saturated rings. The Kier molecular flexibility index (Phi) is 7.36. The van der Waals surface area contributed by atoms with Crippen LogP contribution in [0.25, 0.3) is 11.3 Å². The van der Waals surface area contributed by atoms with Gasteiger partial charge in [0.1, 0.15) is 11.6 Å². The zero-order valence-electron chi connectivity index (χ0n) is 16.5. The number of oxazole rings is 1. The molecule has 31 heavy (non-hydrogen) atoms. The van der Waals surface area contributed by atoms with Crippen LogP contribution in [-0.4, -0.2) is 23.5 Å². The minimum atomic E-state index is -0.777. The fourth-order valence-corrected chi connectivity index (χ4v) is 2.91. The number of nitrogens with one attached hydrogen (secondary N) is 1. The van der Waals surface area contributed by atoms with Gasteiger partial charge in [-0.05, 0) is 36.8 Å². The zero-order valence-corrected chi connectivity index (χ0v) is 17.3. The van der Waals surface area contributed by atoms with Crippen molar-refractivity contribution in [2.24, 2.45) is 0 Å². The number of rotatable bonds is 8. The summed E-state index contributed by atoms with van der Waals surface area (Å²) in [5, 5.41) is 3.32. The molecular weight excluding hydrogens is 430 g/mol. The maximum absolute atomic E-state index is 13.8. The molecule has 1 unspecified atom stereocenters. The van der Waals surface area contributed by atoms with E-state index in [1.165, 1.54) is 12.3 Å². The Morgan fingerprint density at radius 1 is 1.19 bits per heavy atom. The average molecular weight is 449 g/mol. The van der Waals surface area contributed by atoms with E-state index in [9.17, 15) is 18.4 Å². The molecule has 0 radical (unpaired) electrons. The molecular formula is C22H19ClF2N2O4. The molecule has 0 bridgehead atoms. The first kappa shape index (κ1) is 22.4. The highest BCUT2D eigenvalue weighted by Crippen LogP contribution is 2.24. The molecule has 162 valence electrons. The van der Waals surface area contributed by atoms with Crippen molar-refractivity contribution >= 4 is 23.5 Å². The number of carbonyl (C=O) groups is 2. The first-order valence-corrected chi connectivity index (χ1v) is 9.80. The molecule has 0 saturated heterocycles. The standard InChI is InChI=1S/C22H19ClF2N2O4/c1-13(14-2-4-15(23)5-3-14)27-20(28)12-30-22(29)9-8-21-26-11-19(31-21)17-7-6-16(24)10-18(17)25/h2-7,10-11,13H,8-9,12H2,1H3,(H,27,28). The van der Waals surface area contributed by atoms with Gasteiger partial charge in [0.05, 0.1) is 24.2 Å². The number of hydrogen-bond donors (Lipinski definition) is 1. The van der Waals surface area contributed by atoms with Crippen LogP contribution in [0.2, 0.25) is 5.02 Å². The van der Waals surface area contributed by atoms with Crippen molar-refractivity contribution < 1.29 is 27.5 Å². The summed E-state index contributed by atoms with van der Waals surface area (Å²) < 4.78 is 37.2. The molecule has 1 heterocycles. The Labute approximate surface area is 182 Å². The fraction of sp³-hybridized carbons (Fsp3) is 0.227. The molecule has 0 spiro atoms. The van der Waals surface area contributed by atoms with Crippen LogP contribution in [-0.2, 0) is 20.7 Å². The summed E-state index contributed by atoms with van der Waals surface area (Å²) in [5.41, 5.74) is 0.926. The van der Waals surface area contributed by atoms with Gasteiger partial charge in [-0.3, -0.25) is 9.59 Å². The first-order valence-electron chi connectivity index (χ1n) is 9.42. The van der Waals surface area contributed by atoms with Gasteiger partial charge in [0, 0.05) is 17.5 Å². The number of halogens is 3. The van der Waals surface area contributed by atoms with Gasteiger partial charge in [0.25, 0.3) is 5.91 Å². The van der Waals surface area contributed by atoms with E-state index >= 15 is 0 Å². The highest BCUT2D eigenvalue weighted by molar-refractivity contribution is 6.30. The molecule has 1 atom stereocenters. The highest BCUT2D eigenvalue weighted by Gasteiger charge is 2.15. The summed E-state index contributed by atoms with van der Waals surface area (Å²) >= 11 is 5.84. The Morgan fingerprint density at radius 3 is 2.65 bits per heavy atom. The Balaban J connectivity index is 1.43. The molecule has 0 saturated carbocycles. The maximum Gasteiger partial charge on any atom is 0.306 e. The van der Waals surface area contributed by atoms with Crippen molar-refractivity contribution in [3.63, 3.8) is 0 Å². The molecule has 1 amide bonds. The zero-order chi connectivity index (χ0) is 22.4. The summed E-state index contributed by atoms with van der Waals surface area (Å²) in [7, 11) is 0. The van der Waals surface area contributed by atoms with Crippen molar-refractivity contribution in [2.45, 2.75) is 25.8 Å². The summed E-state index contributed by atoms with van der Waals surface area (Å²) in [6.45, 7) is 1.38. The van der Waals surface area contributed by atoms with E-state index in [0.717, 1.165) is 17.7 Å². The predicted molar refractivity (Wildman–Crippen MR) is 109 cm³/mol. The van der Waals surface area contributed by atoms with Crippen LogP contribution < -0.4 is 5.32 Å². The van der Waals surface area contributed by atoms with Gasteiger partial charge < -0.3 is 14.5 Å². The molecule has 3 rings (SSSR count). The number of carbonyl (C=O) groups excluding carboxylic acids is 2. The SMILES string of the molecule is CC(NC(=O)COC(=O)CCc1ncc(-c2ccc(F)cc2F)o1)c1ccc(Cl)cc1. The van der Waals surface area contributed by atoms with Crippen LogP contribution in [0, 0.1) is 11.6 Å². The largest absolute Gasteiger partial charge is 0.456 e. The third-order valence-electron chi connectivity index (χ3n) is 4.40. The van der Waals surface area contributed by atoms with E-state index in [1.54, 1.807) is 31.2 Å². The van der Waals surface area contributed by atoms with Gasteiger partial charge in [-0.15, -0.1) is 0 Å². The Bertz CT molecular complexity index is 1070. The number of nitrogens with zero attached hydrogens (tertiary/aromatic N) is 1. The third kappa shape index (κ3) is 6.36. The lowest BCUT2D eigenvalue weighted by Crippen LogP contribution is -2.31. The average Bonchev–Trinajstić information content (AvgIpc) is 3.20. The van der Waals surface area contributed by atoms with Crippen LogP contribution in [0.4, 0.5) is 8.78 Å². The number of amides is 1. The maximum atomic E-state index is 13.8. The summed E-state index contributed by atoms with van der Waals surface area (Å²) in [6.07, 6.45) is 1.32. The lowest BCUT2D eigenvalue weighted by atomic mass is 10.1. The molecule has 2 aromatic carbocycles. The van der Waals surface area contributed by atoms with E-state index in [4.69, 9.17) is 20.8 Å². The quantitative estimate of drug-likeness (QED) is 0.508. The lowest BCUT2D eigenvalue weighted by Gasteiger charge is -2.14. The molecule has 1 N–H and O–H groups in total. The van der Waals surface area contributed by atoms with Crippen molar-refractivity contribution in [3.05, 3.63) is 76.8 Å². The number of ether oxygens (including phenoxy) is 1. The number of aryl methyl sites for hydroxylation is 1. The number of benzene rings is 2. The van der Waals surface area contributed by atoms with Crippen molar-refractivity contribution in [2.75, 3.05) is 6.61 Å². The molecule has 1 aromatic heterocycles. The fourth-order valence-electron chi connectivity index (χ4n) is 2.78. The van der Waals surface area contributed by atoms with E-state index in [1.807, 2.05) is 0 Å². The van der Waals surface area contributed by atoms with Gasteiger partial charge in [0.2, 0.25) is 0 Å². The normalized spacial score (nSPS) is 11.7. The second-order valence-corrected chi connectivity index (χ2v) is 7.18. The second kappa shape index (κ2) is 10.2. The van der Waals surface area contributed by atoms with Crippen LogP contribution in [0.3, 0.4) is 0 Å². The summed E-state index contributed by atoms with van der Waals surface area (Å²) in [4.78, 5) is 27.9. The van der Waals surface area contributed by atoms with Crippen LogP contribution in [0.5, 0.6) is 0 Å². The van der Waals surface area contributed by atoms with Crippen LogP contribution >= 0.6 is 11.6 Å². The number of hydrogen-bond acceptors (Lipinski definition) is 5. The topological polar surface area (TPSA) is 81.4 Å². The molecule has 3 aromatic rings. The summed E-state index contributed by atoms with van der Waals surface area (Å²) in [6, 6.07) is 9.85. The van der Waals surface area contributed by atoms with Crippen molar-refractivity contribution in [1.29, 1.82) is 0 Å². The number of esters is 1. The molecule has 6 nitrogen and oxygen atoms in total. The minimum absolute atomic E-state index is 0.0641. The van der Waals surface area contributed by atoms with Crippen LogP contribution in [0.1, 0.15) is 30.8 Å². The second-order valence-electron chi connectivity index (χ2n) is 6.74. The Hall–Kier alpha value is -3.26. The molecule has 0 aliphatic carbocycles. The van der Waals surface area contributed by atoms with Crippen molar-refractivity contribution in [1.82, 2.24) is 10.3 Å². The summed E-state index contributed by atoms with van der Waals surface area (Å²) in [5.74, 6) is -2.22. The van der Waals surface area contributed by atoms with Crippen LogP contribution in [0.15, 0.2) is 53.1 Å². The first-order chi connectivity index (χ1) is 14.8. The van der Waals surface area contributed by atoms with E-state index in [-0.39, 0.29) is 36.1 Å². The van der Waals surface area contributed by atoms with Crippen molar-refractivity contribution in [3.8, 4) is 11.3 Å². The smallest absolute Gasteiger partial charge is 0.306 e. The van der Waals surface area contributed by atoms with Gasteiger partial charge in [-0.1, -0.05) is 23.7 Å². The predicted octanol–water partition coefficient (Wildman–Crippen LogP) is 4.63. The van der Waals surface area contributed by atoms with E-state index < -0.39 is 30.1 Å². The van der Waals surface area contributed by atoms with E-state index in [2.05, 4.69) is 10.3 Å². The lowest BCUT2D eigenvalue weighted by molar-refractivity contribution is -0.148. The Morgan fingerprint density at radius 2 is 1.94 bits per heavy atom. The monoisotopic (exact) mass is 448 g/mol. The molecule has 0 aliphatic rings. The van der Waals surface area contributed by atoms with Gasteiger partial charge >= 0.3 is 5.97 Å². The van der Waals surface area contributed by atoms with Gasteiger partial charge in [-0.2, -0.15) is 0 Å². The van der Waals surface area contributed by atoms with Gasteiger partial charge in [0.15, 0.2) is 18.3 Å². The minimum Gasteiger partial charge on any atom is -0.456 e.